The van der Waals surface area contributed by atoms with Gasteiger partial charge in [-0.2, -0.15) is 5.90 Å². The minimum absolute atomic E-state index is 0. The quantitative estimate of drug-likeness (QED) is 0.318. The summed E-state index contributed by atoms with van der Waals surface area (Å²) in [6, 6.07) is 0. The number of hydrogen-bond acceptors (Lipinski definition) is 3. The van der Waals surface area contributed by atoms with Crippen molar-refractivity contribution < 1.29 is 11.1 Å². The largest absolute Gasteiger partial charge is 1.00 e. The van der Waals surface area contributed by atoms with Crippen LogP contribution in [0.3, 0.4) is 0 Å². The highest BCUT2D eigenvalue weighted by Gasteiger charge is 1.44. The number of carbonyl (C=O) groups is 1. The van der Waals surface area contributed by atoms with Crippen molar-refractivity contribution in [3.05, 3.63) is 0 Å². The Hall–Kier alpha value is -0.570. The fraction of sp³-hybridized carbons (Fsp3) is 0. The van der Waals surface area contributed by atoms with Gasteiger partial charge in [0.05, 0.1) is 0 Å². The summed E-state index contributed by atoms with van der Waals surface area (Å²) in [5, 5.41) is 0. The summed E-state index contributed by atoms with van der Waals surface area (Å²) < 4.78 is 0. The number of hydrogen-bond donors (Lipinski definition) is 1. The summed E-state index contributed by atoms with van der Waals surface area (Å²) in [5.41, 5.74) is 0. The van der Waals surface area contributed by atoms with Gasteiger partial charge < -0.3 is 4.84 Å². The van der Waals surface area contributed by atoms with E-state index in [1.807, 2.05) is 0 Å². The van der Waals surface area contributed by atoms with Crippen molar-refractivity contribution in [1.29, 1.82) is 0 Å². The first kappa shape index (κ1) is 3.43. The number of nitrogens with two attached hydrogens (primary N) is 1. The number of rotatable bonds is 1. The molecule has 0 amide bonds. The smallest absolute Gasteiger partial charge is 0.376 e. The van der Waals surface area contributed by atoms with E-state index in [9.17, 15) is 0 Å². The van der Waals surface area contributed by atoms with Gasteiger partial charge in [-0.05, 0) is 0 Å². The zero-order valence-electron chi connectivity index (χ0n) is 2.97. The van der Waals surface area contributed by atoms with E-state index in [4.69, 9.17) is 4.79 Å². The van der Waals surface area contributed by atoms with E-state index < -0.39 is 0 Å². The Morgan fingerprint density at radius 3 is 2.50 bits per heavy atom. The van der Waals surface area contributed by atoms with E-state index in [0.29, 0.717) is 0 Å². The molecule has 0 heterocycles. The molecule has 0 aromatic carbocycles. The minimum Gasteiger partial charge on any atom is -0.376 e. The number of carbonyl (C=O) groups excluding carboxylic acids is 1. The molecule has 0 atom stereocenters. The predicted molar refractivity (Wildman–Crippen MR) is 12.4 cm³/mol. The van der Waals surface area contributed by atoms with Crippen LogP contribution in [-0.2, 0) is 9.63 Å². The molecule has 0 rings (SSSR count). The highest BCUT2D eigenvalue weighted by molar-refractivity contribution is 5.35. The molecule has 0 spiro atoms. The van der Waals surface area contributed by atoms with Gasteiger partial charge in [-0.25, -0.2) is 0 Å². The van der Waals surface area contributed by atoms with Crippen molar-refractivity contribution in [1.82, 2.24) is 0 Å². The van der Waals surface area contributed by atoms with Gasteiger partial charge in [0.25, 0.3) is 0 Å². The standard InChI is InChI=1S/CH3NO2/c2-4-1-3/h1H,2H2/p+1. The highest BCUT2D eigenvalue weighted by atomic mass is 16.6. The Kier molecular flexibility index (Phi) is 2.08. The fourth-order valence-corrected chi connectivity index (χ4v) is 0. The van der Waals surface area contributed by atoms with Crippen LogP contribution in [0.5, 0.6) is 0 Å². The molecule has 3 heteroatoms. The predicted octanol–water partition coefficient (Wildman–Crippen LogP) is -0.854. The van der Waals surface area contributed by atoms with Crippen LogP contribution in [0.4, 0.5) is 0 Å². The van der Waals surface area contributed by atoms with Crippen molar-refractivity contribution >= 4 is 6.47 Å². The summed E-state index contributed by atoms with van der Waals surface area (Å²) in [6.07, 6.45) is 0. The molecule has 0 saturated carbocycles. The third-order valence-corrected chi connectivity index (χ3v) is 0.0556. The maximum absolute atomic E-state index is 8.83. The zero-order chi connectivity index (χ0) is 3.41. The Labute approximate surface area is 24.8 Å². The summed E-state index contributed by atoms with van der Waals surface area (Å²) in [4.78, 5) is 12.2. The molecule has 0 fully saturated rings. The topological polar surface area (TPSA) is 52.3 Å². The molecule has 0 aliphatic heterocycles. The van der Waals surface area contributed by atoms with Crippen molar-refractivity contribution in [3.8, 4) is 0 Å². The molecule has 0 bridgehead atoms. The minimum atomic E-state index is 0. The Balaban J connectivity index is 0. The molecule has 0 radical (unpaired) electrons. The van der Waals surface area contributed by atoms with Crippen LogP contribution < -0.4 is 5.90 Å². The van der Waals surface area contributed by atoms with Crippen molar-refractivity contribution in [2.45, 2.75) is 0 Å². The van der Waals surface area contributed by atoms with E-state index >= 15 is 0 Å². The normalized spacial score (nSPS) is 5.25. The second kappa shape index (κ2) is 2.43. The van der Waals surface area contributed by atoms with Gasteiger partial charge in [0.1, 0.15) is 0 Å². The molecule has 0 saturated heterocycles. The lowest BCUT2D eigenvalue weighted by molar-refractivity contribution is -0.129. The summed E-state index contributed by atoms with van der Waals surface area (Å²) >= 11 is 0. The molecule has 0 aromatic heterocycles. The molecule has 4 heavy (non-hydrogen) atoms. The molecule has 2 N–H and O–H groups in total. The Bertz CT molecular complexity index is 23.6. The van der Waals surface area contributed by atoms with Gasteiger partial charge in [0.15, 0.2) is 0 Å². The van der Waals surface area contributed by atoms with Crippen molar-refractivity contribution in [2.75, 3.05) is 0 Å². The molecule has 0 aliphatic rings. The summed E-state index contributed by atoms with van der Waals surface area (Å²) in [7, 11) is 0. The van der Waals surface area contributed by atoms with Gasteiger partial charge in [0.2, 0.25) is 0 Å². The van der Waals surface area contributed by atoms with E-state index in [1.165, 1.54) is 0 Å². The average Bonchev–Trinajstić information content (AvgIpc) is 1.37. The first-order valence-electron chi connectivity index (χ1n) is 0.707. The third-order valence-electron chi connectivity index (χ3n) is 0.0556. The maximum Gasteiger partial charge on any atom is 1.00 e. The molecule has 0 unspecified atom stereocenters. The molecule has 3 nitrogen and oxygen atoms in total. The first-order valence-corrected chi connectivity index (χ1v) is 0.707. The van der Waals surface area contributed by atoms with E-state index in [1.54, 1.807) is 0 Å². The fourth-order valence-electron chi connectivity index (χ4n) is 0. The second-order valence-corrected chi connectivity index (χ2v) is 0.232. The lowest BCUT2D eigenvalue weighted by Crippen LogP contribution is -1.92. The Morgan fingerprint density at radius 2 is 2.50 bits per heavy atom. The van der Waals surface area contributed by atoms with E-state index in [0.717, 1.165) is 0 Å². The molecular formula is CH4NO2+. The van der Waals surface area contributed by atoms with Gasteiger partial charge in [-0.15, -0.1) is 0 Å². The molecule has 24 valence electrons. The van der Waals surface area contributed by atoms with Crippen molar-refractivity contribution in [3.63, 3.8) is 0 Å². The second-order valence-electron chi connectivity index (χ2n) is 0.232. The Morgan fingerprint density at radius 1 is 2.25 bits per heavy atom. The highest BCUT2D eigenvalue weighted by Crippen LogP contribution is 1.24. The molecule has 0 aromatic rings. The monoisotopic (exact) mass is 62.0 g/mol. The molecular weight excluding hydrogens is 58.0 g/mol. The van der Waals surface area contributed by atoms with Crippen LogP contribution in [0.25, 0.3) is 0 Å². The summed E-state index contributed by atoms with van der Waals surface area (Å²) in [6.45, 7) is 0.153. The van der Waals surface area contributed by atoms with Crippen LogP contribution in [-0.4, -0.2) is 6.47 Å². The lowest BCUT2D eigenvalue weighted by Gasteiger charge is -1.66. The third kappa shape index (κ3) is 1.43. The van der Waals surface area contributed by atoms with Crippen LogP contribution in [0.1, 0.15) is 1.43 Å². The van der Waals surface area contributed by atoms with Gasteiger partial charge >= 0.3 is 7.90 Å². The van der Waals surface area contributed by atoms with Crippen LogP contribution in [0.2, 0.25) is 0 Å². The summed E-state index contributed by atoms with van der Waals surface area (Å²) in [5.74, 6) is 4.16. The average molecular weight is 62.0 g/mol. The van der Waals surface area contributed by atoms with Crippen molar-refractivity contribution in [2.24, 2.45) is 5.90 Å². The van der Waals surface area contributed by atoms with Gasteiger partial charge in [0, 0.05) is 0 Å². The SMILES string of the molecule is NOC=O.[H+]. The van der Waals surface area contributed by atoms with Crippen LogP contribution >= 0.6 is 0 Å². The zero-order valence-corrected chi connectivity index (χ0v) is 1.97. The molecule has 0 aliphatic carbocycles. The lowest BCUT2D eigenvalue weighted by atomic mass is 11.6. The van der Waals surface area contributed by atoms with Gasteiger partial charge in [-0.1, -0.05) is 0 Å². The maximum atomic E-state index is 8.83. The van der Waals surface area contributed by atoms with Crippen LogP contribution in [0.15, 0.2) is 0 Å². The first-order chi connectivity index (χ1) is 1.91. The van der Waals surface area contributed by atoms with Gasteiger partial charge in [-0.3, -0.25) is 4.79 Å². The van der Waals surface area contributed by atoms with E-state index in [2.05, 4.69) is 10.7 Å². The van der Waals surface area contributed by atoms with Crippen LogP contribution in [0, 0.1) is 0 Å². The van der Waals surface area contributed by atoms with E-state index in [-0.39, 0.29) is 7.90 Å².